The summed E-state index contributed by atoms with van der Waals surface area (Å²) in [7, 11) is 0. The summed E-state index contributed by atoms with van der Waals surface area (Å²) < 4.78 is 1.59. The number of hydrogen-bond donors (Lipinski definition) is 1. The maximum atomic E-state index is 12.4. The predicted octanol–water partition coefficient (Wildman–Crippen LogP) is -0.176. The van der Waals surface area contributed by atoms with Crippen LogP contribution < -0.4 is 5.73 Å². The van der Waals surface area contributed by atoms with E-state index in [1.54, 1.807) is 10.9 Å². The number of amides is 1. The van der Waals surface area contributed by atoms with E-state index in [0.717, 1.165) is 25.2 Å². The summed E-state index contributed by atoms with van der Waals surface area (Å²) in [6.07, 6.45) is 6.65. The van der Waals surface area contributed by atoms with E-state index >= 15 is 0 Å². The molecule has 0 saturated carbocycles. The Morgan fingerprint density at radius 3 is 2.81 bits per heavy atom. The first kappa shape index (κ1) is 14.5. The largest absolute Gasteiger partial charge is 0.340 e. The molecule has 0 bridgehead atoms. The van der Waals surface area contributed by atoms with Crippen molar-refractivity contribution in [2.24, 2.45) is 5.73 Å². The van der Waals surface area contributed by atoms with Crippen molar-refractivity contribution in [1.29, 1.82) is 0 Å². The number of aromatic nitrogens is 3. The fraction of sp³-hybridized carbons (Fsp3) is 0.786. The third kappa shape index (κ3) is 3.41. The van der Waals surface area contributed by atoms with Gasteiger partial charge in [0.2, 0.25) is 5.91 Å². The van der Waals surface area contributed by atoms with E-state index in [2.05, 4.69) is 15.2 Å². The third-order valence-electron chi connectivity index (χ3n) is 4.50. The van der Waals surface area contributed by atoms with E-state index in [-0.39, 0.29) is 12.5 Å². The Kier molecular flexibility index (Phi) is 4.50. The van der Waals surface area contributed by atoms with Crippen LogP contribution in [0.1, 0.15) is 31.4 Å². The molecule has 2 aliphatic heterocycles. The quantitative estimate of drug-likeness (QED) is 0.833. The molecule has 116 valence electrons. The molecule has 0 aliphatic carbocycles. The van der Waals surface area contributed by atoms with Crippen LogP contribution in [0, 0.1) is 0 Å². The van der Waals surface area contributed by atoms with Gasteiger partial charge in [-0.25, -0.2) is 4.68 Å². The van der Waals surface area contributed by atoms with Gasteiger partial charge in [0.05, 0.1) is 11.9 Å². The van der Waals surface area contributed by atoms with Crippen LogP contribution in [-0.4, -0.2) is 62.9 Å². The van der Waals surface area contributed by atoms with Crippen molar-refractivity contribution < 1.29 is 4.79 Å². The molecular weight excluding hydrogens is 268 g/mol. The maximum Gasteiger partial charge on any atom is 0.244 e. The van der Waals surface area contributed by atoms with Gasteiger partial charge in [-0.2, -0.15) is 0 Å². The van der Waals surface area contributed by atoms with Gasteiger partial charge in [-0.05, 0) is 38.8 Å². The number of carbonyl (C=O) groups is 1. The van der Waals surface area contributed by atoms with E-state index in [9.17, 15) is 4.79 Å². The first-order chi connectivity index (χ1) is 10.3. The van der Waals surface area contributed by atoms with Crippen molar-refractivity contribution >= 4 is 5.91 Å². The summed E-state index contributed by atoms with van der Waals surface area (Å²) >= 11 is 0. The normalized spacial score (nSPS) is 23.7. The Morgan fingerprint density at radius 1 is 1.29 bits per heavy atom. The van der Waals surface area contributed by atoms with Gasteiger partial charge >= 0.3 is 0 Å². The molecule has 1 unspecified atom stereocenters. The van der Waals surface area contributed by atoms with Crippen LogP contribution in [0.2, 0.25) is 0 Å². The molecule has 7 heteroatoms. The van der Waals surface area contributed by atoms with Crippen LogP contribution >= 0.6 is 0 Å². The number of hydrogen-bond acceptors (Lipinski definition) is 5. The molecule has 1 amide bonds. The van der Waals surface area contributed by atoms with Crippen molar-refractivity contribution in [2.45, 2.75) is 44.8 Å². The minimum atomic E-state index is 0.132. The van der Waals surface area contributed by atoms with Crippen LogP contribution in [0.15, 0.2) is 6.20 Å². The lowest BCUT2D eigenvalue weighted by Gasteiger charge is -2.37. The average molecular weight is 292 g/mol. The monoisotopic (exact) mass is 292 g/mol. The summed E-state index contributed by atoms with van der Waals surface area (Å²) in [6.45, 7) is 4.72. The fourth-order valence-electron chi connectivity index (χ4n) is 3.33. The van der Waals surface area contributed by atoms with E-state index in [1.165, 1.54) is 32.4 Å². The molecule has 0 aromatic carbocycles. The Balaban J connectivity index is 1.56. The highest BCUT2D eigenvalue weighted by molar-refractivity contribution is 5.76. The average Bonchev–Trinajstić information content (AvgIpc) is 3.18. The predicted molar refractivity (Wildman–Crippen MR) is 78.3 cm³/mol. The van der Waals surface area contributed by atoms with Crippen molar-refractivity contribution in [2.75, 3.05) is 26.2 Å². The zero-order valence-corrected chi connectivity index (χ0v) is 12.4. The van der Waals surface area contributed by atoms with Gasteiger partial charge in [0, 0.05) is 25.7 Å². The molecule has 1 aromatic heterocycles. The lowest BCUT2D eigenvalue weighted by molar-refractivity contribution is -0.134. The fourth-order valence-corrected chi connectivity index (χ4v) is 3.33. The third-order valence-corrected chi connectivity index (χ3v) is 4.50. The number of likely N-dealkylation sites (tertiary alicyclic amines) is 2. The van der Waals surface area contributed by atoms with Crippen LogP contribution in [0.3, 0.4) is 0 Å². The Hall–Kier alpha value is -1.47. The number of nitrogens with zero attached hydrogens (tertiary/aromatic N) is 5. The van der Waals surface area contributed by atoms with Gasteiger partial charge in [0.1, 0.15) is 6.54 Å². The summed E-state index contributed by atoms with van der Waals surface area (Å²) in [6, 6.07) is 0.542. The van der Waals surface area contributed by atoms with Gasteiger partial charge in [-0.15, -0.1) is 5.10 Å². The van der Waals surface area contributed by atoms with Crippen LogP contribution in [0.5, 0.6) is 0 Å². The van der Waals surface area contributed by atoms with Crippen molar-refractivity contribution in [3.63, 3.8) is 0 Å². The standard InChI is InChI=1S/C14H24N6O/c15-8-12-9-20(17-16-12)11-14(21)19-7-3-4-13(10-19)18-5-1-2-6-18/h9,13H,1-8,10-11,15H2. The molecular formula is C14H24N6O. The zero-order chi connectivity index (χ0) is 14.7. The molecule has 1 aromatic rings. The lowest BCUT2D eigenvalue weighted by atomic mass is 10.0. The molecule has 0 radical (unpaired) electrons. The number of rotatable bonds is 4. The molecule has 2 saturated heterocycles. The summed E-state index contributed by atoms with van der Waals surface area (Å²) in [5.74, 6) is 0.132. The lowest BCUT2D eigenvalue weighted by Crippen LogP contribution is -2.49. The number of nitrogens with two attached hydrogens (primary N) is 1. The molecule has 2 fully saturated rings. The zero-order valence-electron chi connectivity index (χ0n) is 12.4. The Bertz CT molecular complexity index is 482. The second-order valence-corrected chi connectivity index (χ2v) is 5.99. The van der Waals surface area contributed by atoms with Crippen LogP contribution in [0.25, 0.3) is 0 Å². The molecule has 0 spiro atoms. The van der Waals surface area contributed by atoms with Gasteiger partial charge in [0.25, 0.3) is 0 Å². The highest BCUT2D eigenvalue weighted by atomic mass is 16.2. The highest BCUT2D eigenvalue weighted by Gasteiger charge is 2.29. The summed E-state index contributed by atoms with van der Waals surface area (Å²) in [5.41, 5.74) is 6.23. The molecule has 3 heterocycles. The minimum Gasteiger partial charge on any atom is -0.340 e. The van der Waals surface area contributed by atoms with E-state index in [0.29, 0.717) is 12.6 Å². The SMILES string of the molecule is NCc1cn(CC(=O)N2CCCC(N3CCCC3)C2)nn1. The number of piperidine rings is 1. The van der Waals surface area contributed by atoms with Crippen molar-refractivity contribution in [3.05, 3.63) is 11.9 Å². The van der Waals surface area contributed by atoms with Gasteiger partial charge in [0.15, 0.2) is 0 Å². The molecule has 21 heavy (non-hydrogen) atoms. The molecule has 2 N–H and O–H groups in total. The topological polar surface area (TPSA) is 80.3 Å². The van der Waals surface area contributed by atoms with Gasteiger partial charge in [-0.3, -0.25) is 9.69 Å². The van der Waals surface area contributed by atoms with Crippen LogP contribution in [-0.2, 0) is 17.9 Å². The summed E-state index contributed by atoms with van der Waals surface area (Å²) in [4.78, 5) is 16.9. The molecule has 1 atom stereocenters. The van der Waals surface area contributed by atoms with E-state index in [4.69, 9.17) is 5.73 Å². The highest BCUT2D eigenvalue weighted by Crippen LogP contribution is 2.20. The Morgan fingerprint density at radius 2 is 2.10 bits per heavy atom. The Labute approximate surface area is 125 Å². The van der Waals surface area contributed by atoms with E-state index < -0.39 is 0 Å². The maximum absolute atomic E-state index is 12.4. The molecule has 2 aliphatic rings. The van der Waals surface area contributed by atoms with Gasteiger partial charge < -0.3 is 10.6 Å². The second kappa shape index (κ2) is 6.53. The molecule has 3 rings (SSSR count). The second-order valence-electron chi connectivity index (χ2n) is 5.99. The number of carbonyl (C=O) groups excluding carboxylic acids is 1. The van der Waals surface area contributed by atoms with Crippen LogP contribution in [0.4, 0.5) is 0 Å². The van der Waals surface area contributed by atoms with Crippen molar-refractivity contribution in [3.8, 4) is 0 Å². The van der Waals surface area contributed by atoms with Crippen molar-refractivity contribution in [1.82, 2.24) is 24.8 Å². The summed E-state index contributed by atoms with van der Waals surface area (Å²) in [5, 5.41) is 7.87. The smallest absolute Gasteiger partial charge is 0.244 e. The molecule has 7 nitrogen and oxygen atoms in total. The van der Waals surface area contributed by atoms with E-state index in [1.807, 2.05) is 4.90 Å². The van der Waals surface area contributed by atoms with Gasteiger partial charge in [-0.1, -0.05) is 5.21 Å². The minimum absolute atomic E-state index is 0.132. The first-order valence-electron chi connectivity index (χ1n) is 7.87. The first-order valence-corrected chi connectivity index (χ1v) is 7.87.